The van der Waals surface area contributed by atoms with Crippen LogP contribution in [-0.2, 0) is 4.74 Å². The van der Waals surface area contributed by atoms with Gasteiger partial charge in [0.25, 0.3) is 11.8 Å². The summed E-state index contributed by atoms with van der Waals surface area (Å²) in [6.07, 6.45) is 0.239. The van der Waals surface area contributed by atoms with Crippen LogP contribution in [0.15, 0.2) is 36.4 Å². The molecule has 10 nitrogen and oxygen atoms in total. The number of phenolic OH excluding ortho intramolecular Hbond substituents is 3. The monoisotopic (exact) mass is 444 g/mol. The smallest absolute Gasteiger partial charge is 0.504 e. The summed E-state index contributed by atoms with van der Waals surface area (Å²) in [6, 6.07) is 8.10. The molecule has 1 fully saturated rings. The number of carbonyl (C=O) groups is 3. The SMILES string of the molecule is CCOC(=O)Oc1ccc(C(=O)N2CCC(NC(=O)c3cc(O)c(O)c(O)c3)CC2)cc1. The summed E-state index contributed by atoms with van der Waals surface area (Å²) in [5.41, 5.74) is 0.458. The summed E-state index contributed by atoms with van der Waals surface area (Å²) >= 11 is 0. The molecule has 2 aromatic carbocycles. The normalized spacial score (nSPS) is 14.0. The second-order valence-electron chi connectivity index (χ2n) is 7.21. The Morgan fingerprint density at radius 1 is 1.00 bits per heavy atom. The number of benzene rings is 2. The number of hydrogen-bond acceptors (Lipinski definition) is 8. The van der Waals surface area contributed by atoms with Crippen LogP contribution in [0, 0.1) is 0 Å². The Morgan fingerprint density at radius 2 is 1.59 bits per heavy atom. The molecule has 4 N–H and O–H groups in total. The molecule has 3 rings (SSSR count). The molecule has 0 unspecified atom stereocenters. The molecule has 10 heteroatoms. The van der Waals surface area contributed by atoms with E-state index in [1.54, 1.807) is 24.0 Å². The molecule has 0 saturated carbocycles. The molecular formula is C22H24N2O8. The molecule has 1 aliphatic rings. The highest BCUT2D eigenvalue weighted by Crippen LogP contribution is 2.35. The van der Waals surface area contributed by atoms with Gasteiger partial charge in [0.1, 0.15) is 5.75 Å². The topological polar surface area (TPSA) is 146 Å². The van der Waals surface area contributed by atoms with Crippen LogP contribution in [0.3, 0.4) is 0 Å². The average molecular weight is 444 g/mol. The summed E-state index contributed by atoms with van der Waals surface area (Å²) in [4.78, 5) is 38.1. The van der Waals surface area contributed by atoms with Gasteiger partial charge < -0.3 is 35.0 Å². The highest BCUT2D eigenvalue weighted by atomic mass is 16.7. The standard InChI is InChI=1S/C22H24N2O8/c1-2-31-22(30)32-16-5-3-13(4-6-16)21(29)24-9-7-15(8-10-24)23-20(28)14-11-17(25)19(27)18(26)12-14/h3-6,11-12,15,25-27H,2,7-10H2,1H3,(H,23,28). The van der Waals surface area contributed by atoms with Crippen LogP contribution in [0.5, 0.6) is 23.0 Å². The number of phenols is 3. The number of amides is 2. The second kappa shape index (κ2) is 9.90. The maximum Gasteiger partial charge on any atom is 0.513 e. The van der Waals surface area contributed by atoms with Crippen LogP contribution in [0.2, 0.25) is 0 Å². The minimum atomic E-state index is -0.812. The van der Waals surface area contributed by atoms with Crippen LogP contribution >= 0.6 is 0 Å². The van der Waals surface area contributed by atoms with Crippen molar-refractivity contribution in [2.24, 2.45) is 0 Å². The molecule has 0 bridgehead atoms. The van der Waals surface area contributed by atoms with E-state index in [0.717, 1.165) is 12.1 Å². The predicted molar refractivity (Wildman–Crippen MR) is 112 cm³/mol. The lowest BCUT2D eigenvalue weighted by molar-refractivity contribution is 0.0698. The highest BCUT2D eigenvalue weighted by molar-refractivity contribution is 5.96. The molecule has 170 valence electrons. The molecule has 0 spiro atoms. The zero-order valence-corrected chi connectivity index (χ0v) is 17.4. The summed E-state index contributed by atoms with van der Waals surface area (Å²) in [5.74, 6) is -2.27. The van der Waals surface area contributed by atoms with Gasteiger partial charge >= 0.3 is 6.16 Å². The lowest BCUT2D eigenvalue weighted by atomic mass is 10.0. The lowest BCUT2D eigenvalue weighted by Gasteiger charge is -2.32. The quantitative estimate of drug-likeness (QED) is 0.312. The van der Waals surface area contributed by atoms with Crippen molar-refractivity contribution in [2.75, 3.05) is 19.7 Å². The molecule has 32 heavy (non-hydrogen) atoms. The van der Waals surface area contributed by atoms with E-state index in [4.69, 9.17) is 9.47 Å². The Balaban J connectivity index is 1.52. The number of likely N-dealkylation sites (tertiary alicyclic amines) is 1. The Morgan fingerprint density at radius 3 is 2.16 bits per heavy atom. The molecule has 0 atom stereocenters. The van der Waals surface area contributed by atoms with E-state index in [-0.39, 0.29) is 29.9 Å². The van der Waals surface area contributed by atoms with Crippen LogP contribution in [0.1, 0.15) is 40.5 Å². The van der Waals surface area contributed by atoms with Gasteiger partial charge in [0.2, 0.25) is 0 Å². The molecule has 2 aromatic rings. The van der Waals surface area contributed by atoms with Gasteiger partial charge in [-0.1, -0.05) is 0 Å². The fourth-order valence-electron chi connectivity index (χ4n) is 3.32. The van der Waals surface area contributed by atoms with Crippen molar-refractivity contribution in [1.29, 1.82) is 0 Å². The molecular weight excluding hydrogens is 420 g/mol. The van der Waals surface area contributed by atoms with Crippen LogP contribution in [0.4, 0.5) is 4.79 Å². The Hall–Kier alpha value is -3.95. The van der Waals surface area contributed by atoms with E-state index < -0.39 is 29.3 Å². The van der Waals surface area contributed by atoms with Gasteiger partial charge in [-0.25, -0.2) is 4.79 Å². The zero-order chi connectivity index (χ0) is 23.3. The van der Waals surface area contributed by atoms with Crippen molar-refractivity contribution in [3.8, 4) is 23.0 Å². The maximum atomic E-state index is 12.7. The summed E-state index contributed by atoms with van der Waals surface area (Å²) in [6.45, 7) is 2.72. The van der Waals surface area contributed by atoms with Gasteiger partial charge in [-0.3, -0.25) is 9.59 Å². The Labute approximate surface area is 184 Å². The molecule has 0 aliphatic carbocycles. The number of piperidine rings is 1. The first-order valence-electron chi connectivity index (χ1n) is 10.1. The van der Waals surface area contributed by atoms with Gasteiger partial charge in [-0.2, -0.15) is 0 Å². The first-order chi connectivity index (χ1) is 15.3. The number of nitrogens with one attached hydrogen (secondary N) is 1. The zero-order valence-electron chi connectivity index (χ0n) is 17.4. The first-order valence-corrected chi connectivity index (χ1v) is 10.1. The molecule has 2 amide bonds. The van der Waals surface area contributed by atoms with Gasteiger partial charge in [-0.15, -0.1) is 0 Å². The molecule has 1 aliphatic heterocycles. The molecule has 0 aromatic heterocycles. The fraction of sp³-hybridized carbons (Fsp3) is 0.318. The van der Waals surface area contributed by atoms with E-state index >= 15 is 0 Å². The van der Waals surface area contributed by atoms with Crippen molar-refractivity contribution in [3.63, 3.8) is 0 Å². The van der Waals surface area contributed by atoms with Crippen LogP contribution < -0.4 is 10.1 Å². The van der Waals surface area contributed by atoms with Crippen molar-refractivity contribution in [1.82, 2.24) is 10.2 Å². The highest BCUT2D eigenvalue weighted by Gasteiger charge is 2.25. The number of rotatable bonds is 5. The minimum absolute atomic E-state index is 0.0152. The maximum absolute atomic E-state index is 12.7. The predicted octanol–water partition coefficient (Wildman–Crippen LogP) is 2.37. The summed E-state index contributed by atoms with van der Waals surface area (Å²) < 4.78 is 9.67. The van der Waals surface area contributed by atoms with E-state index in [9.17, 15) is 29.7 Å². The van der Waals surface area contributed by atoms with E-state index in [1.165, 1.54) is 12.1 Å². The van der Waals surface area contributed by atoms with E-state index in [0.29, 0.717) is 31.5 Å². The fourth-order valence-corrected chi connectivity index (χ4v) is 3.32. The van der Waals surface area contributed by atoms with Crippen LogP contribution in [-0.4, -0.2) is 63.9 Å². The minimum Gasteiger partial charge on any atom is -0.504 e. The Kier molecular flexibility index (Phi) is 7.04. The third-order valence-electron chi connectivity index (χ3n) is 5.01. The molecule has 1 saturated heterocycles. The third kappa shape index (κ3) is 5.39. The summed E-state index contributed by atoms with van der Waals surface area (Å²) in [5, 5.41) is 31.3. The average Bonchev–Trinajstić information content (AvgIpc) is 2.78. The number of aromatic hydroxyl groups is 3. The van der Waals surface area contributed by atoms with Crippen LogP contribution in [0.25, 0.3) is 0 Å². The largest absolute Gasteiger partial charge is 0.513 e. The first kappa shape index (κ1) is 22.7. The van der Waals surface area contributed by atoms with Gasteiger partial charge in [0, 0.05) is 30.3 Å². The number of carbonyl (C=O) groups excluding carboxylic acids is 3. The van der Waals surface area contributed by atoms with Gasteiger partial charge in [-0.05, 0) is 56.2 Å². The van der Waals surface area contributed by atoms with Gasteiger partial charge in [0.05, 0.1) is 6.61 Å². The number of hydrogen-bond donors (Lipinski definition) is 4. The summed E-state index contributed by atoms with van der Waals surface area (Å²) in [7, 11) is 0. The van der Waals surface area contributed by atoms with Crippen molar-refractivity contribution < 1.29 is 39.2 Å². The number of nitrogens with zero attached hydrogens (tertiary/aromatic N) is 1. The Bertz CT molecular complexity index is 974. The van der Waals surface area contributed by atoms with Gasteiger partial charge in [0.15, 0.2) is 17.2 Å². The van der Waals surface area contributed by atoms with E-state index in [1.807, 2.05) is 0 Å². The van der Waals surface area contributed by atoms with Crippen molar-refractivity contribution in [2.45, 2.75) is 25.8 Å². The number of ether oxygens (including phenoxy) is 2. The van der Waals surface area contributed by atoms with Crippen molar-refractivity contribution in [3.05, 3.63) is 47.5 Å². The lowest BCUT2D eigenvalue weighted by Crippen LogP contribution is -2.46. The second-order valence-corrected chi connectivity index (χ2v) is 7.21. The molecule has 0 radical (unpaired) electrons. The molecule has 1 heterocycles. The van der Waals surface area contributed by atoms with Crippen molar-refractivity contribution >= 4 is 18.0 Å². The third-order valence-corrected chi connectivity index (χ3v) is 5.01. The van der Waals surface area contributed by atoms with E-state index in [2.05, 4.69) is 5.32 Å².